The van der Waals surface area contributed by atoms with Crippen molar-refractivity contribution in [3.05, 3.63) is 69.7 Å². The SMILES string of the molecule is COc1ccc(-n2c(C)cc(/C=C(\C#N)C(=O)OCC(=O)Nc3oc(C)c(C)c3C#N)c2C)cc1. The van der Waals surface area contributed by atoms with Crippen molar-refractivity contribution in [2.24, 2.45) is 0 Å². The fourth-order valence-corrected chi connectivity index (χ4v) is 3.58. The van der Waals surface area contributed by atoms with Crippen molar-refractivity contribution in [1.82, 2.24) is 4.57 Å². The van der Waals surface area contributed by atoms with Crippen LogP contribution < -0.4 is 10.1 Å². The summed E-state index contributed by atoms with van der Waals surface area (Å²) in [4.78, 5) is 24.7. The largest absolute Gasteiger partial charge is 0.497 e. The number of aromatic nitrogens is 1. The first-order valence-corrected chi connectivity index (χ1v) is 10.6. The van der Waals surface area contributed by atoms with Gasteiger partial charge < -0.3 is 18.5 Å². The number of rotatable bonds is 7. The van der Waals surface area contributed by atoms with Gasteiger partial charge in [0.05, 0.1) is 7.11 Å². The Morgan fingerprint density at radius 2 is 1.83 bits per heavy atom. The van der Waals surface area contributed by atoms with E-state index in [1.54, 1.807) is 21.0 Å². The summed E-state index contributed by atoms with van der Waals surface area (Å²) < 4.78 is 17.6. The molecule has 1 amide bonds. The molecule has 0 unspecified atom stereocenters. The summed E-state index contributed by atoms with van der Waals surface area (Å²) in [6.07, 6.45) is 1.43. The molecule has 9 heteroatoms. The number of nitrogens with one attached hydrogen (secondary N) is 1. The smallest absolute Gasteiger partial charge is 0.349 e. The fraction of sp³-hybridized carbons (Fsp3) is 0.231. The highest BCUT2D eigenvalue weighted by Gasteiger charge is 2.19. The number of anilines is 1. The summed E-state index contributed by atoms with van der Waals surface area (Å²) in [5, 5.41) is 21.2. The van der Waals surface area contributed by atoms with E-state index in [0.717, 1.165) is 22.8 Å². The molecule has 0 radical (unpaired) electrons. The Kier molecular flexibility index (Phi) is 7.43. The molecule has 178 valence electrons. The number of benzene rings is 1. The first-order chi connectivity index (χ1) is 16.7. The minimum Gasteiger partial charge on any atom is -0.497 e. The number of amides is 1. The molecule has 0 fully saturated rings. The summed E-state index contributed by atoms with van der Waals surface area (Å²) >= 11 is 0. The number of methoxy groups -OCH3 is 1. The van der Waals surface area contributed by atoms with Crippen LogP contribution in [0.3, 0.4) is 0 Å². The van der Waals surface area contributed by atoms with Gasteiger partial charge in [-0.1, -0.05) is 0 Å². The number of furan rings is 1. The molecule has 0 saturated carbocycles. The first-order valence-electron chi connectivity index (χ1n) is 10.6. The molecule has 9 nitrogen and oxygen atoms in total. The lowest BCUT2D eigenvalue weighted by Gasteiger charge is -2.10. The van der Waals surface area contributed by atoms with E-state index in [1.807, 2.05) is 60.9 Å². The van der Waals surface area contributed by atoms with Crippen LogP contribution in [0.25, 0.3) is 11.8 Å². The van der Waals surface area contributed by atoms with Crippen LogP contribution >= 0.6 is 0 Å². The Bertz CT molecular complexity index is 1400. The van der Waals surface area contributed by atoms with Crippen LogP contribution in [0.4, 0.5) is 5.88 Å². The van der Waals surface area contributed by atoms with Gasteiger partial charge in [-0.05, 0) is 69.7 Å². The number of carbonyl (C=O) groups excluding carboxylic acids is 2. The van der Waals surface area contributed by atoms with Gasteiger partial charge in [0.15, 0.2) is 6.61 Å². The zero-order valence-electron chi connectivity index (χ0n) is 20.1. The summed E-state index contributed by atoms with van der Waals surface area (Å²) in [6.45, 7) is 6.50. The summed E-state index contributed by atoms with van der Waals surface area (Å²) in [7, 11) is 1.60. The second-order valence-electron chi connectivity index (χ2n) is 7.75. The van der Waals surface area contributed by atoms with Gasteiger partial charge in [-0.2, -0.15) is 10.5 Å². The fourth-order valence-electron chi connectivity index (χ4n) is 3.58. The molecular formula is C26H24N4O5. The summed E-state index contributed by atoms with van der Waals surface area (Å²) in [6, 6.07) is 13.1. The molecule has 0 saturated heterocycles. The molecule has 0 aliphatic rings. The van der Waals surface area contributed by atoms with Crippen LogP contribution in [0.2, 0.25) is 0 Å². The second kappa shape index (κ2) is 10.4. The number of nitrogens with zero attached hydrogens (tertiary/aromatic N) is 3. The Labute approximate surface area is 202 Å². The average molecular weight is 473 g/mol. The zero-order valence-corrected chi connectivity index (χ0v) is 20.1. The van der Waals surface area contributed by atoms with Gasteiger partial charge in [0.25, 0.3) is 5.91 Å². The van der Waals surface area contributed by atoms with Crippen molar-refractivity contribution in [3.8, 4) is 23.6 Å². The second-order valence-corrected chi connectivity index (χ2v) is 7.75. The van der Waals surface area contributed by atoms with E-state index in [1.165, 1.54) is 6.08 Å². The quantitative estimate of drug-likeness (QED) is 0.309. The Balaban J connectivity index is 1.73. The lowest BCUT2D eigenvalue weighted by atomic mass is 10.1. The predicted octanol–water partition coefficient (Wildman–Crippen LogP) is 4.27. The first kappa shape index (κ1) is 24.9. The predicted molar refractivity (Wildman–Crippen MR) is 128 cm³/mol. The Morgan fingerprint density at radius 3 is 2.43 bits per heavy atom. The Hall–Kier alpha value is -4.76. The normalized spacial score (nSPS) is 10.9. The maximum absolute atomic E-state index is 12.5. The number of aryl methyl sites for hydroxylation is 2. The van der Waals surface area contributed by atoms with Crippen LogP contribution in [0.1, 0.15) is 33.8 Å². The summed E-state index contributed by atoms with van der Waals surface area (Å²) in [5.74, 6) is -0.416. The van der Waals surface area contributed by atoms with E-state index >= 15 is 0 Å². The van der Waals surface area contributed by atoms with Gasteiger partial charge in [-0.15, -0.1) is 0 Å². The third-order valence-corrected chi connectivity index (χ3v) is 5.53. The molecule has 35 heavy (non-hydrogen) atoms. The molecule has 1 N–H and O–H groups in total. The molecule has 0 aliphatic heterocycles. The highest BCUT2D eigenvalue weighted by atomic mass is 16.5. The lowest BCUT2D eigenvalue weighted by Crippen LogP contribution is -2.21. The third-order valence-electron chi connectivity index (χ3n) is 5.53. The van der Waals surface area contributed by atoms with E-state index in [2.05, 4.69) is 5.32 Å². The van der Waals surface area contributed by atoms with Crippen LogP contribution in [-0.2, 0) is 14.3 Å². The van der Waals surface area contributed by atoms with E-state index in [-0.39, 0.29) is 17.0 Å². The van der Waals surface area contributed by atoms with Crippen molar-refractivity contribution in [2.75, 3.05) is 19.0 Å². The van der Waals surface area contributed by atoms with Crippen LogP contribution in [-0.4, -0.2) is 30.2 Å². The number of esters is 1. The number of hydrogen-bond donors (Lipinski definition) is 1. The topological polar surface area (TPSA) is 130 Å². The number of nitriles is 2. The van der Waals surface area contributed by atoms with Crippen LogP contribution in [0.15, 0.2) is 40.3 Å². The van der Waals surface area contributed by atoms with Gasteiger partial charge in [0.1, 0.15) is 34.8 Å². The van der Waals surface area contributed by atoms with Crippen molar-refractivity contribution < 1.29 is 23.5 Å². The van der Waals surface area contributed by atoms with Crippen LogP contribution in [0, 0.1) is 50.4 Å². The third kappa shape index (κ3) is 5.26. The van der Waals surface area contributed by atoms with E-state index in [4.69, 9.17) is 13.9 Å². The minimum absolute atomic E-state index is 0.00873. The van der Waals surface area contributed by atoms with Gasteiger partial charge in [0, 0.05) is 22.6 Å². The lowest BCUT2D eigenvalue weighted by molar-refractivity contribution is -0.142. The van der Waals surface area contributed by atoms with Crippen molar-refractivity contribution in [1.29, 1.82) is 10.5 Å². The molecule has 0 aliphatic carbocycles. The summed E-state index contributed by atoms with van der Waals surface area (Å²) in [5.41, 5.74) is 3.85. The molecule has 3 rings (SSSR count). The van der Waals surface area contributed by atoms with Crippen molar-refractivity contribution >= 4 is 23.8 Å². The highest BCUT2D eigenvalue weighted by Crippen LogP contribution is 2.26. The number of hydrogen-bond acceptors (Lipinski definition) is 7. The molecule has 0 bridgehead atoms. The van der Waals surface area contributed by atoms with Gasteiger partial charge in [-0.3, -0.25) is 10.1 Å². The molecule has 2 heterocycles. The van der Waals surface area contributed by atoms with E-state index < -0.39 is 18.5 Å². The minimum atomic E-state index is -0.941. The van der Waals surface area contributed by atoms with Crippen molar-refractivity contribution in [3.63, 3.8) is 0 Å². The maximum atomic E-state index is 12.5. The Morgan fingerprint density at radius 1 is 1.14 bits per heavy atom. The van der Waals surface area contributed by atoms with Gasteiger partial charge in [-0.25, -0.2) is 4.79 Å². The van der Waals surface area contributed by atoms with Gasteiger partial charge >= 0.3 is 5.97 Å². The monoisotopic (exact) mass is 472 g/mol. The average Bonchev–Trinajstić information content (AvgIpc) is 3.28. The molecule has 3 aromatic rings. The van der Waals surface area contributed by atoms with Crippen molar-refractivity contribution in [2.45, 2.75) is 27.7 Å². The zero-order chi connectivity index (χ0) is 25.7. The van der Waals surface area contributed by atoms with Gasteiger partial charge in [0.2, 0.25) is 5.88 Å². The molecular weight excluding hydrogens is 448 g/mol. The molecule has 0 atom stereocenters. The maximum Gasteiger partial charge on any atom is 0.349 e. The number of carbonyl (C=O) groups is 2. The van der Waals surface area contributed by atoms with E-state index in [0.29, 0.717) is 16.9 Å². The molecule has 0 spiro atoms. The van der Waals surface area contributed by atoms with E-state index in [9.17, 15) is 20.1 Å². The molecule has 2 aromatic heterocycles. The molecule has 1 aromatic carbocycles. The highest BCUT2D eigenvalue weighted by molar-refractivity contribution is 6.00. The number of ether oxygens (including phenoxy) is 2. The van der Waals surface area contributed by atoms with Crippen LogP contribution in [0.5, 0.6) is 5.75 Å². The standard InChI is InChI=1S/C26H24N4O5/c1-15-10-19(17(3)30(15)21-6-8-22(33-5)9-7-21)11-20(12-27)26(32)34-14-24(31)29-25-23(13-28)16(2)18(4)35-25/h6-11H,14H2,1-5H3,(H,29,31)/b20-11+.